The minimum Gasteiger partial charge on any atom is -0.392 e. The standard InChI is InChI=1S/C8H4F2O3/c9-3-1-2-4(10)6-5(3)7(11)13-8(6)12/h1-2,5-6H. The molecule has 1 heterocycles. The van der Waals surface area contributed by atoms with E-state index in [2.05, 4.69) is 4.74 Å². The van der Waals surface area contributed by atoms with Crippen molar-refractivity contribution in [2.75, 3.05) is 0 Å². The number of ether oxygens (including phenoxy) is 1. The van der Waals surface area contributed by atoms with Gasteiger partial charge >= 0.3 is 11.9 Å². The first-order valence-electron chi connectivity index (χ1n) is 3.59. The number of hydrogen-bond donors (Lipinski definition) is 0. The molecule has 3 nitrogen and oxygen atoms in total. The summed E-state index contributed by atoms with van der Waals surface area (Å²) < 4.78 is 30.0. The maximum Gasteiger partial charge on any atom is 0.324 e. The van der Waals surface area contributed by atoms with Crippen molar-refractivity contribution in [2.45, 2.75) is 0 Å². The fraction of sp³-hybridized carbons (Fsp3) is 0.250. The second-order valence-electron chi connectivity index (χ2n) is 2.80. The molecule has 1 saturated heterocycles. The zero-order chi connectivity index (χ0) is 9.59. The van der Waals surface area contributed by atoms with Crippen molar-refractivity contribution in [1.29, 1.82) is 0 Å². The number of rotatable bonds is 0. The fourth-order valence-corrected chi connectivity index (χ4v) is 1.41. The van der Waals surface area contributed by atoms with E-state index < -0.39 is 35.4 Å². The van der Waals surface area contributed by atoms with Gasteiger partial charge in [0.15, 0.2) is 0 Å². The molecule has 2 atom stereocenters. The summed E-state index contributed by atoms with van der Waals surface area (Å²) in [6, 6.07) is 0. The van der Waals surface area contributed by atoms with Gasteiger partial charge in [-0.3, -0.25) is 9.59 Å². The summed E-state index contributed by atoms with van der Waals surface area (Å²) in [7, 11) is 0. The van der Waals surface area contributed by atoms with E-state index >= 15 is 0 Å². The summed E-state index contributed by atoms with van der Waals surface area (Å²) in [5, 5.41) is 0. The summed E-state index contributed by atoms with van der Waals surface area (Å²) in [6.45, 7) is 0. The highest BCUT2D eigenvalue weighted by Gasteiger charge is 2.50. The van der Waals surface area contributed by atoms with Crippen LogP contribution in [0.25, 0.3) is 0 Å². The quantitative estimate of drug-likeness (QED) is 0.419. The summed E-state index contributed by atoms with van der Waals surface area (Å²) >= 11 is 0. The van der Waals surface area contributed by atoms with Gasteiger partial charge in [-0.1, -0.05) is 0 Å². The molecule has 2 unspecified atom stereocenters. The number of allylic oxidation sites excluding steroid dienone is 2. The third kappa shape index (κ3) is 0.998. The molecule has 2 aliphatic rings. The van der Waals surface area contributed by atoms with Crippen LogP contribution in [0.3, 0.4) is 0 Å². The molecule has 13 heavy (non-hydrogen) atoms. The lowest BCUT2D eigenvalue weighted by atomic mass is 9.89. The predicted molar refractivity (Wildman–Crippen MR) is 36.5 cm³/mol. The van der Waals surface area contributed by atoms with E-state index in [1.54, 1.807) is 0 Å². The van der Waals surface area contributed by atoms with E-state index in [9.17, 15) is 18.4 Å². The minimum atomic E-state index is -1.41. The maximum absolute atomic E-state index is 12.9. The van der Waals surface area contributed by atoms with Crippen molar-refractivity contribution in [2.24, 2.45) is 11.8 Å². The van der Waals surface area contributed by atoms with E-state index in [0.29, 0.717) is 0 Å². The van der Waals surface area contributed by atoms with Crippen LogP contribution in [0.4, 0.5) is 8.78 Å². The van der Waals surface area contributed by atoms with Crippen molar-refractivity contribution >= 4 is 11.9 Å². The van der Waals surface area contributed by atoms with Crippen LogP contribution >= 0.6 is 0 Å². The van der Waals surface area contributed by atoms with E-state index in [1.807, 2.05) is 0 Å². The molecule has 2 rings (SSSR count). The van der Waals surface area contributed by atoms with Gasteiger partial charge < -0.3 is 4.74 Å². The van der Waals surface area contributed by atoms with Gasteiger partial charge in [-0.15, -0.1) is 0 Å². The number of cyclic esters (lactones) is 2. The molecule has 1 aliphatic carbocycles. The molecule has 68 valence electrons. The van der Waals surface area contributed by atoms with Crippen LogP contribution < -0.4 is 0 Å². The average Bonchev–Trinajstić information content (AvgIpc) is 2.36. The topological polar surface area (TPSA) is 43.4 Å². The SMILES string of the molecule is O=C1OC(=O)C2C(F)=CC=C(F)C12. The van der Waals surface area contributed by atoms with Gasteiger partial charge in [0, 0.05) is 0 Å². The van der Waals surface area contributed by atoms with Crippen LogP contribution in [0.15, 0.2) is 23.8 Å². The summed E-state index contributed by atoms with van der Waals surface area (Å²) in [4.78, 5) is 21.7. The zero-order valence-electron chi connectivity index (χ0n) is 6.29. The van der Waals surface area contributed by atoms with Gasteiger partial charge in [0.2, 0.25) is 0 Å². The number of halogens is 2. The number of esters is 2. The Morgan fingerprint density at radius 2 is 1.38 bits per heavy atom. The highest BCUT2D eigenvalue weighted by molar-refractivity contribution is 5.99. The van der Waals surface area contributed by atoms with Crippen molar-refractivity contribution in [3.63, 3.8) is 0 Å². The Balaban J connectivity index is 2.47. The number of hydrogen-bond acceptors (Lipinski definition) is 3. The highest BCUT2D eigenvalue weighted by Crippen LogP contribution is 2.38. The molecule has 0 amide bonds. The molecule has 0 saturated carbocycles. The second kappa shape index (κ2) is 2.48. The van der Waals surface area contributed by atoms with Crippen LogP contribution in [0.2, 0.25) is 0 Å². The number of carbonyl (C=O) groups is 2. The van der Waals surface area contributed by atoms with E-state index in [4.69, 9.17) is 0 Å². The van der Waals surface area contributed by atoms with Crippen molar-refractivity contribution in [3.8, 4) is 0 Å². The lowest BCUT2D eigenvalue weighted by Gasteiger charge is -2.12. The molecule has 0 bridgehead atoms. The normalized spacial score (nSPS) is 32.2. The molecule has 0 radical (unpaired) electrons. The van der Waals surface area contributed by atoms with E-state index in [0.717, 1.165) is 12.2 Å². The Bertz CT molecular complexity index is 322. The Morgan fingerprint density at radius 1 is 1.00 bits per heavy atom. The summed E-state index contributed by atoms with van der Waals surface area (Å²) in [6.07, 6.45) is 1.66. The Labute approximate surface area is 71.7 Å². The smallest absolute Gasteiger partial charge is 0.324 e. The molecule has 5 heteroatoms. The van der Waals surface area contributed by atoms with Gasteiger partial charge in [0.05, 0.1) is 0 Å². The minimum absolute atomic E-state index is 0.830. The monoisotopic (exact) mass is 186 g/mol. The first-order chi connectivity index (χ1) is 6.11. The molecule has 1 fully saturated rings. The molecule has 0 aromatic heterocycles. The third-order valence-corrected chi connectivity index (χ3v) is 2.04. The number of fused-ring (bicyclic) bond motifs is 1. The fourth-order valence-electron chi connectivity index (χ4n) is 1.41. The lowest BCUT2D eigenvalue weighted by molar-refractivity contribution is -0.153. The van der Waals surface area contributed by atoms with Crippen molar-refractivity contribution in [1.82, 2.24) is 0 Å². The summed E-state index contributed by atoms with van der Waals surface area (Å²) in [5.74, 6) is -6.52. The van der Waals surface area contributed by atoms with Crippen LogP contribution in [0.5, 0.6) is 0 Å². The largest absolute Gasteiger partial charge is 0.392 e. The first-order valence-corrected chi connectivity index (χ1v) is 3.59. The molecule has 0 N–H and O–H groups in total. The molecular formula is C8H4F2O3. The Morgan fingerprint density at radius 3 is 1.77 bits per heavy atom. The summed E-state index contributed by atoms with van der Waals surface area (Å²) in [5.41, 5.74) is 0. The highest BCUT2D eigenvalue weighted by atomic mass is 19.1. The number of carbonyl (C=O) groups excluding carboxylic acids is 2. The molecular weight excluding hydrogens is 182 g/mol. The van der Waals surface area contributed by atoms with Crippen molar-refractivity contribution < 1.29 is 23.1 Å². The van der Waals surface area contributed by atoms with Gasteiger partial charge in [-0.05, 0) is 12.2 Å². The van der Waals surface area contributed by atoms with Crippen molar-refractivity contribution in [3.05, 3.63) is 23.8 Å². The van der Waals surface area contributed by atoms with Crippen LogP contribution in [-0.2, 0) is 14.3 Å². The Kier molecular flexibility index (Phi) is 1.55. The third-order valence-electron chi connectivity index (χ3n) is 2.04. The van der Waals surface area contributed by atoms with E-state index in [1.165, 1.54) is 0 Å². The van der Waals surface area contributed by atoms with Gasteiger partial charge in [0.1, 0.15) is 23.5 Å². The van der Waals surface area contributed by atoms with Gasteiger partial charge in [-0.2, -0.15) is 0 Å². The molecule has 0 aromatic rings. The van der Waals surface area contributed by atoms with Gasteiger partial charge in [-0.25, -0.2) is 8.78 Å². The zero-order valence-corrected chi connectivity index (χ0v) is 6.29. The van der Waals surface area contributed by atoms with Crippen LogP contribution in [-0.4, -0.2) is 11.9 Å². The van der Waals surface area contributed by atoms with Crippen LogP contribution in [0, 0.1) is 11.8 Å². The lowest BCUT2D eigenvalue weighted by Crippen LogP contribution is -2.21. The second-order valence-corrected chi connectivity index (χ2v) is 2.80. The Hall–Kier alpha value is -1.52. The first kappa shape index (κ1) is 8.10. The van der Waals surface area contributed by atoms with Gasteiger partial charge in [0.25, 0.3) is 0 Å². The molecule has 1 aliphatic heterocycles. The maximum atomic E-state index is 12.9. The molecule has 0 spiro atoms. The van der Waals surface area contributed by atoms with E-state index in [-0.39, 0.29) is 0 Å². The predicted octanol–water partition coefficient (Wildman–Crippen LogP) is 1.02. The average molecular weight is 186 g/mol. The molecule has 0 aromatic carbocycles. The van der Waals surface area contributed by atoms with Crippen LogP contribution in [0.1, 0.15) is 0 Å².